The third-order valence-electron chi connectivity index (χ3n) is 5.61. The van der Waals surface area contributed by atoms with Gasteiger partial charge in [-0.25, -0.2) is 4.98 Å². The fourth-order valence-corrected chi connectivity index (χ4v) is 3.90. The zero-order chi connectivity index (χ0) is 20.9. The van der Waals surface area contributed by atoms with Crippen molar-refractivity contribution in [1.82, 2.24) is 20.2 Å². The summed E-state index contributed by atoms with van der Waals surface area (Å²) >= 11 is 0. The summed E-state index contributed by atoms with van der Waals surface area (Å²) in [4.78, 5) is 40.3. The number of benzene rings is 1. The van der Waals surface area contributed by atoms with Crippen LogP contribution in [-0.2, 0) is 4.79 Å². The van der Waals surface area contributed by atoms with E-state index in [9.17, 15) is 9.59 Å². The highest BCUT2D eigenvalue weighted by Gasteiger charge is 2.24. The summed E-state index contributed by atoms with van der Waals surface area (Å²) in [6, 6.07) is 11.0. The molecule has 30 heavy (non-hydrogen) atoms. The fourth-order valence-electron chi connectivity index (χ4n) is 3.90. The summed E-state index contributed by atoms with van der Waals surface area (Å²) in [5.74, 6) is 1.44. The van der Waals surface area contributed by atoms with E-state index >= 15 is 0 Å². The molecule has 2 aliphatic heterocycles. The monoisotopic (exact) mass is 408 g/mol. The second kappa shape index (κ2) is 9.11. The van der Waals surface area contributed by atoms with E-state index in [0.717, 1.165) is 30.5 Å². The van der Waals surface area contributed by atoms with E-state index in [0.29, 0.717) is 31.7 Å². The van der Waals surface area contributed by atoms with Crippen molar-refractivity contribution in [2.45, 2.75) is 19.8 Å². The van der Waals surface area contributed by atoms with Crippen molar-refractivity contribution in [2.24, 2.45) is 0 Å². The van der Waals surface area contributed by atoms with Crippen molar-refractivity contribution < 1.29 is 9.59 Å². The standard InChI is InChI=1S/C22H28N6O2/c1-17-15-19(26-9-5-6-10-26)25-22(24-17)28-13-11-27(12-14-28)20(29)16-23-21(30)18-7-3-2-4-8-18/h2-4,7-8,15H,5-6,9-14,16H2,1H3,(H,23,30). The lowest BCUT2D eigenvalue weighted by atomic mass is 10.2. The van der Waals surface area contributed by atoms with Gasteiger partial charge in [0, 0.05) is 56.6 Å². The number of hydrogen-bond donors (Lipinski definition) is 1. The van der Waals surface area contributed by atoms with Crippen LogP contribution in [0, 0.1) is 6.92 Å². The van der Waals surface area contributed by atoms with Gasteiger partial charge in [0.1, 0.15) is 5.82 Å². The van der Waals surface area contributed by atoms with Gasteiger partial charge in [0.05, 0.1) is 6.54 Å². The Balaban J connectivity index is 1.30. The number of carbonyl (C=O) groups is 2. The molecule has 3 heterocycles. The Hall–Kier alpha value is -3.16. The maximum absolute atomic E-state index is 12.5. The number of nitrogens with zero attached hydrogens (tertiary/aromatic N) is 5. The molecule has 0 atom stereocenters. The second-order valence-electron chi connectivity index (χ2n) is 7.78. The number of piperazine rings is 1. The maximum Gasteiger partial charge on any atom is 0.251 e. The van der Waals surface area contributed by atoms with Crippen LogP contribution in [0.3, 0.4) is 0 Å². The number of amides is 2. The average Bonchev–Trinajstić information content (AvgIpc) is 3.33. The van der Waals surface area contributed by atoms with Gasteiger partial charge in [-0.15, -0.1) is 0 Å². The molecular formula is C22H28N6O2. The summed E-state index contributed by atoms with van der Waals surface area (Å²) in [7, 11) is 0. The van der Waals surface area contributed by atoms with Gasteiger partial charge in [0.15, 0.2) is 0 Å². The van der Waals surface area contributed by atoms with Gasteiger partial charge in [-0.2, -0.15) is 4.98 Å². The van der Waals surface area contributed by atoms with E-state index in [-0.39, 0.29) is 18.4 Å². The summed E-state index contributed by atoms with van der Waals surface area (Å²) < 4.78 is 0. The van der Waals surface area contributed by atoms with Crippen LogP contribution in [0.4, 0.5) is 11.8 Å². The minimum Gasteiger partial charge on any atom is -0.356 e. The van der Waals surface area contributed by atoms with Crippen LogP contribution >= 0.6 is 0 Å². The molecule has 2 aliphatic rings. The molecule has 0 bridgehead atoms. The van der Waals surface area contributed by atoms with Gasteiger partial charge >= 0.3 is 0 Å². The Bertz CT molecular complexity index is 890. The normalized spacial score (nSPS) is 16.6. The maximum atomic E-state index is 12.5. The van der Waals surface area contributed by atoms with Crippen molar-refractivity contribution >= 4 is 23.6 Å². The van der Waals surface area contributed by atoms with Gasteiger partial charge in [-0.1, -0.05) is 18.2 Å². The number of aryl methyl sites for hydroxylation is 1. The Morgan fingerprint density at radius 3 is 2.33 bits per heavy atom. The van der Waals surface area contributed by atoms with Crippen molar-refractivity contribution in [2.75, 3.05) is 55.6 Å². The third kappa shape index (κ3) is 4.69. The van der Waals surface area contributed by atoms with Crippen LogP contribution in [0.1, 0.15) is 28.9 Å². The second-order valence-corrected chi connectivity index (χ2v) is 7.78. The van der Waals surface area contributed by atoms with E-state index in [4.69, 9.17) is 4.98 Å². The Morgan fingerprint density at radius 1 is 0.933 bits per heavy atom. The predicted octanol–water partition coefficient (Wildman–Crippen LogP) is 1.46. The van der Waals surface area contributed by atoms with Gasteiger partial charge in [0.2, 0.25) is 11.9 Å². The van der Waals surface area contributed by atoms with Crippen LogP contribution in [0.15, 0.2) is 36.4 Å². The van der Waals surface area contributed by atoms with Gasteiger partial charge in [0.25, 0.3) is 5.91 Å². The number of hydrogen-bond acceptors (Lipinski definition) is 6. The molecule has 4 rings (SSSR count). The molecule has 0 saturated carbocycles. The lowest BCUT2D eigenvalue weighted by Crippen LogP contribution is -2.51. The SMILES string of the molecule is Cc1cc(N2CCCC2)nc(N2CCN(C(=O)CNC(=O)c3ccccc3)CC2)n1. The first-order chi connectivity index (χ1) is 14.6. The molecule has 0 aliphatic carbocycles. The molecule has 2 aromatic rings. The highest BCUT2D eigenvalue weighted by molar-refractivity contribution is 5.96. The Labute approximate surface area is 176 Å². The predicted molar refractivity (Wildman–Crippen MR) is 116 cm³/mol. The summed E-state index contributed by atoms with van der Waals surface area (Å²) in [6.45, 7) is 6.66. The number of carbonyl (C=O) groups excluding carboxylic acids is 2. The number of rotatable bonds is 5. The minimum atomic E-state index is -0.231. The molecule has 2 fully saturated rings. The van der Waals surface area contributed by atoms with Crippen molar-refractivity contribution in [3.05, 3.63) is 47.7 Å². The summed E-state index contributed by atoms with van der Waals surface area (Å²) in [5, 5.41) is 2.71. The zero-order valence-electron chi connectivity index (χ0n) is 17.4. The Morgan fingerprint density at radius 2 is 1.63 bits per heavy atom. The molecule has 0 spiro atoms. The topological polar surface area (TPSA) is 81.7 Å². The van der Waals surface area contributed by atoms with Gasteiger partial charge in [-0.3, -0.25) is 9.59 Å². The first-order valence-electron chi connectivity index (χ1n) is 10.6. The van der Waals surface area contributed by atoms with E-state index in [1.54, 1.807) is 29.2 Å². The van der Waals surface area contributed by atoms with E-state index < -0.39 is 0 Å². The Kier molecular flexibility index (Phi) is 6.11. The highest BCUT2D eigenvalue weighted by Crippen LogP contribution is 2.22. The number of nitrogens with one attached hydrogen (secondary N) is 1. The number of aromatic nitrogens is 2. The fraction of sp³-hybridized carbons (Fsp3) is 0.455. The van der Waals surface area contributed by atoms with E-state index in [1.165, 1.54) is 12.8 Å². The van der Waals surface area contributed by atoms with Crippen LogP contribution in [0.5, 0.6) is 0 Å². The van der Waals surface area contributed by atoms with Crippen LogP contribution in [-0.4, -0.2) is 72.5 Å². The van der Waals surface area contributed by atoms with Crippen LogP contribution in [0.2, 0.25) is 0 Å². The molecule has 1 aromatic heterocycles. The number of anilines is 2. The first kappa shape index (κ1) is 20.1. The smallest absolute Gasteiger partial charge is 0.251 e. The molecule has 8 nitrogen and oxygen atoms in total. The zero-order valence-corrected chi connectivity index (χ0v) is 17.4. The van der Waals surface area contributed by atoms with Crippen LogP contribution < -0.4 is 15.1 Å². The third-order valence-corrected chi connectivity index (χ3v) is 5.61. The van der Waals surface area contributed by atoms with E-state index in [2.05, 4.69) is 20.1 Å². The molecule has 158 valence electrons. The van der Waals surface area contributed by atoms with E-state index in [1.807, 2.05) is 19.1 Å². The molecule has 1 N–H and O–H groups in total. The molecule has 2 amide bonds. The molecule has 0 radical (unpaired) electrons. The molecular weight excluding hydrogens is 380 g/mol. The van der Waals surface area contributed by atoms with Crippen molar-refractivity contribution in [3.63, 3.8) is 0 Å². The molecule has 0 unspecified atom stereocenters. The highest BCUT2D eigenvalue weighted by atomic mass is 16.2. The van der Waals surface area contributed by atoms with Crippen molar-refractivity contribution in [1.29, 1.82) is 0 Å². The molecule has 1 aromatic carbocycles. The molecule has 8 heteroatoms. The summed E-state index contributed by atoms with van der Waals surface area (Å²) in [6.07, 6.45) is 2.42. The van der Waals surface area contributed by atoms with Gasteiger partial charge in [-0.05, 0) is 31.9 Å². The summed E-state index contributed by atoms with van der Waals surface area (Å²) in [5.41, 5.74) is 1.52. The quantitative estimate of drug-likeness (QED) is 0.807. The lowest BCUT2D eigenvalue weighted by molar-refractivity contribution is -0.130. The minimum absolute atomic E-state index is 0.00772. The van der Waals surface area contributed by atoms with Gasteiger partial charge < -0.3 is 20.0 Å². The molecule has 2 saturated heterocycles. The van der Waals surface area contributed by atoms with Crippen molar-refractivity contribution in [3.8, 4) is 0 Å². The lowest BCUT2D eigenvalue weighted by Gasteiger charge is -2.35. The largest absolute Gasteiger partial charge is 0.356 e. The van der Waals surface area contributed by atoms with Crippen LogP contribution in [0.25, 0.3) is 0 Å². The average molecular weight is 409 g/mol. The first-order valence-corrected chi connectivity index (χ1v) is 10.6.